The first-order chi connectivity index (χ1) is 21.4. The molecule has 0 saturated heterocycles. The largest absolute Gasteiger partial charge is 0.493 e. The summed E-state index contributed by atoms with van der Waals surface area (Å²) in [5.41, 5.74) is 3.10. The van der Waals surface area contributed by atoms with E-state index < -0.39 is 0 Å². The number of carbonyl (C=O) groups is 2. The molecule has 1 fully saturated rings. The average Bonchev–Trinajstić information content (AvgIpc) is 3.83. The summed E-state index contributed by atoms with van der Waals surface area (Å²) in [6.07, 6.45) is 7.31. The van der Waals surface area contributed by atoms with Crippen molar-refractivity contribution in [3.8, 4) is 17.2 Å². The second-order valence-electron chi connectivity index (χ2n) is 10.7. The Morgan fingerprint density at radius 3 is 2.45 bits per heavy atom. The van der Waals surface area contributed by atoms with Gasteiger partial charge in [-0.05, 0) is 73.0 Å². The molecule has 4 aromatic rings. The molecule has 6 rings (SSSR count). The van der Waals surface area contributed by atoms with Crippen LogP contribution in [-0.4, -0.2) is 55.6 Å². The van der Waals surface area contributed by atoms with Gasteiger partial charge < -0.3 is 24.3 Å². The average molecular weight is 612 g/mol. The second kappa shape index (κ2) is 12.5. The molecule has 0 atom stereocenters. The van der Waals surface area contributed by atoms with Gasteiger partial charge in [0.15, 0.2) is 23.1 Å². The number of fused-ring (bicyclic) bond motifs is 1. The molecule has 9 nitrogen and oxygen atoms in total. The van der Waals surface area contributed by atoms with Crippen LogP contribution in [0.15, 0.2) is 79.2 Å². The van der Waals surface area contributed by atoms with Gasteiger partial charge in [-0.3, -0.25) is 9.59 Å². The van der Waals surface area contributed by atoms with Crippen molar-refractivity contribution < 1.29 is 28.5 Å². The molecule has 1 N–H and O–H groups in total. The van der Waals surface area contributed by atoms with Crippen molar-refractivity contribution in [2.45, 2.75) is 18.3 Å². The van der Waals surface area contributed by atoms with Crippen LogP contribution in [0.25, 0.3) is 16.5 Å². The van der Waals surface area contributed by atoms with Crippen molar-refractivity contribution in [1.82, 2.24) is 9.97 Å². The maximum absolute atomic E-state index is 13.0. The van der Waals surface area contributed by atoms with Crippen LogP contribution >= 0.6 is 11.6 Å². The summed E-state index contributed by atoms with van der Waals surface area (Å²) >= 11 is 6.11. The van der Waals surface area contributed by atoms with Crippen LogP contribution < -0.4 is 19.5 Å². The molecule has 224 valence electrons. The SMILES string of the molecule is COCCOc1cc2ncnc(Nc3ccc(OCC4(c5ccc(Cl)cc5)CC4)c(C4=CC(=O)C=CC4=O)c3)c2cc1OC. The summed E-state index contributed by atoms with van der Waals surface area (Å²) in [5.74, 6) is 1.55. The highest BCUT2D eigenvalue weighted by molar-refractivity contribution is 6.34. The number of aromatic nitrogens is 2. The third-order valence-corrected chi connectivity index (χ3v) is 8.02. The van der Waals surface area contributed by atoms with Crippen LogP contribution in [0.1, 0.15) is 24.0 Å². The topological polar surface area (TPSA) is 109 Å². The van der Waals surface area contributed by atoms with Gasteiger partial charge in [0.05, 0.1) is 25.8 Å². The van der Waals surface area contributed by atoms with Crippen LogP contribution in [0.5, 0.6) is 17.2 Å². The van der Waals surface area contributed by atoms with E-state index in [1.54, 1.807) is 38.5 Å². The third-order valence-electron chi connectivity index (χ3n) is 7.76. The normalized spacial score (nSPS) is 15.2. The zero-order valence-corrected chi connectivity index (χ0v) is 25.0. The molecule has 1 aromatic heterocycles. The van der Waals surface area contributed by atoms with E-state index in [1.165, 1.54) is 24.6 Å². The second-order valence-corrected chi connectivity index (χ2v) is 11.1. The van der Waals surface area contributed by atoms with Gasteiger partial charge in [0.2, 0.25) is 0 Å². The molecule has 2 aliphatic carbocycles. The van der Waals surface area contributed by atoms with Gasteiger partial charge in [0, 0.05) is 45.8 Å². The van der Waals surface area contributed by atoms with Crippen LogP contribution in [0.2, 0.25) is 5.02 Å². The minimum Gasteiger partial charge on any atom is -0.493 e. The number of ether oxygens (including phenoxy) is 4. The molecule has 0 unspecified atom stereocenters. The number of carbonyl (C=O) groups excluding carboxylic acids is 2. The number of nitrogens with zero attached hydrogens (tertiary/aromatic N) is 2. The van der Waals surface area contributed by atoms with Gasteiger partial charge >= 0.3 is 0 Å². The van der Waals surface area contributed by atoms with Gasteiger partial charge in [0.1, 0.15) is 24.5 Å². The number of ketones is 2. The smallest absolute Gasteiger partial charge is 0.186 e. The molecule has 1 heterocycles. The molecule has 1 saturated carbocycles. The molecule has 2 aliphatic rings. The lowest BCUT2D eigenvalue weighted by Gasteiger charge is -2.20. The standard InChI is InChI=1S/C34H30ClN3O6/c1-41-13-14-43-32-18-28-27(17-31(32)42-2)33(37-20-36-28)38-23-7-10-30(26(15-23)25-16-24(39)8-9-29(25)40)44-19-34(11-12-34)21-3-5-22(35)6-4-21/h3-10,15-18,20H,11-14,19H2,1-2H3,(H,36,37,38). The highest BCUT2D eigenvalue weighted by atomic mass is 35.5. The number of nitrogens with one attached hydrogen (secondary N) is 1. The fourth-order valence-electron chi connectivity index (χ4n) is 5.16. The number of rotatable bonds is 12. The molecule has 0 spiro atoms. The van der Waals surface area contributed by atoms with Crippen LogP contribution in [0.4, 0.5) is 11.5 Å². The Bertz CT molecular complexity index is 1800. The summed E-state index contributed by atoms with van der Waals surface area (Å²) < 4.78 is 22.9. The van der Waals surface area contributed by atoms with Crippen molar-refractivity contribution >= 4 is 51.1 Å². The Hall–Kier alpha value is -4.73. The predicted molar refractivity (Wildman–Crippen MR) is 168 cm³/mol. The highest BCUT2D eigenvalue weighted by Gasteiger charge is 2.45. The molecular formula is C34H30ClN3O6. The van der Waals surface area contributed by atoms with Crippen molar-refractivity contribution in [1.29, 1.82) is 0 Å². The number of methoxy groups -OCH3 is 2. The van der Waals surface area contributed by atoms with E-state index in [-0.39, 0.29) is 22.6 Å². The van der Waals surface area contributed by atoms with E-state index in [1.807, 2.05) is 30.3 Å². The Morgan fingerprint density at radius 2 is 1.70 bits per heavy atom. The molecule has 10 heteroatoms. The Labute approximate surface area is 259 Å². The Morgan fingerprint density at radius 1 is 0.886 bits per heavy atom. The molecule has 44 heavy (non-hydrogen) atoms. The first-order valence-corrected chi connectivity index (χ1v) is 14.5. The molecule has 0 amide bonds. The Balaban J connectivity index is 1.32. The minimum absolute atomic E-state index is 0.121. The zero-order valence-electron chi connectivity index (χ0n) is 24.3. The van der Waals surface area contributed by atoms with E-state index in [9.17, 15) is 9.59 Å². The van der Waals surface area contributed by atoms with Gasteiger partial charge in [-0.2, -0.15) is 0 Å². The summed E-state index contributed by atoms with van der Waals surface area (Å²) in [7, 11) is 3.17. The van der Waals surface area contributed by atoms with Crippen molar-refractivity contribution in [3.63, 3.8) is 0 Å². The maximum Gasteiger partial charge on any atom is 0.186 e. The monoisotopic (exact) mass is 611 g/mol. The molecule has 0 bridgehead atoms. The number of allylic oxidation sites excluding steroid dienone is 4. The van der Waals surface area contributed by atoms with Crippen LogP contribution in [-0.2, 0) is 19.7 Å². The number of halogens is 1. The summed E-state index contributed by atoms with van der Waals surface area (Å²) in [6, 6.07) is 16.9. The fourth-order valence-corrected chi connectivity index (χ4v) is 5.28. The van der Waals surface area contributed by atoms with Gasteiger partial charge in [-0.1, -0.05) is 23.7 Å². The predicted octanol–water partition coefficient (Wildman–Crippen LogP) is 6.26. The fraction of sp³-hybridized carbons (Fsp3) is 0.235. The number of hydrogen-bond acceptors (Lipinski definition) is 9. The molecule has 0 radical (unpaired) electrons. The van der Waals surface area contributed by atoms with Crippen molar-refractivity contribution in [3.05, 3.63) is 95.3 Å². The number of hydrogen-bond donors (Lipinski definition) is 1. The molecule has 0 aliphatic heterocycles. The van der Waals surface area contributed by atoms with Gasteiger partial charge in [-0.15, -0.1) is 0 Å². The summed E-state index contributed by atoms with van der Waals surface area (Å²) in [4.78, 5) is 34.1. The van der Waals surface area contributed by atoms with E-state index >= 15 is 0 Å². The lowest BCUT2D eigenvalue weighted by Crippen LogP contribution is -2.18. The lowest BCUT2D eigenvalue weighted by atomic mass is 9.94. The van der Waals surface area contributed by atoms with Crippen molar-refractivity contribution in [2.24, 2.45) is 0 Å². The summed E-state index contributed by atoms with van der Waals surface area (Å²) in [6.45, 7) is 1.21. The van der Waals surface area contributed by atoms with E-state index in [2.05, 4.69) is 15.3 Å². The quantitative estimate of drug-likeness (QED) is 0.147. The minimum atomic E-state index is -0.274. The first-order valence-electron chi connectivity index (χ1n) is 14.1. The molecule has 3 aromatic carbocycles. The highest BCUT2D eigenvalue weighted by Crippen LogP contribution is 2.49. The van der Waals surface area contributed by atoms with Crippen molar-refractivity contribution in [2.75, 3.05) is 39.4 Å². The number of anilines is 2. The Kier molecular flexibility index (Phi) is 8.32. The lowest BCUT2D eigenvalue weighted by molar-refractivity contribution is -0.113. The van der Waals surface area contributed by atoms with E-state index in [4.69, 9.17) is 30.5 Å². The first kappa shape index (κ1) is 29.3. The third kappa shape index (κ3) is 6.15. The maximum atomic E-state index is 13.0. The number of benzene rings is 3. The van der Waals surface area contributed by atoms with Crippen LogP contribution in [0.3, 0.4) is 0 Å². The van der Waals surface area contributed by atoms with Gasteiger partial charge in [0.25, 0.3) is 0 Å². The van der Waals surface area contributed by atoms with Crippen LogP contribution in [0, 0.1) is 0 Å². The summed E-state index contributed by atoms with van der Waals surface area (Å²) in [5, 5.41) is 4.73. The zero-order chi connectivity index (χ0) is 30.7. The molecular weight excluding hydrogens is 582 g/mol. The van der Waals surface area contributed by atoms with E-state index in [0.717, 1.165) is 18.4 Å². The van der Waals surface area contributed by atoms with E-state index in [0.29, 0.717) is 70.1 Å². The van der Waals surface area contributed by atoms with Gasteiger partial charge in [-0.25, -0.2) is 9.97 Å².